The number of halogens is 1. The minimum Gasteiger partial charge on any atom is -0.459 e. The Morgan fingerprint density at radius 3 is 2.47 bits per heavy atom. The van der Waals surface area contributed by atoms with E-state index in [9.17, 15) is 17.6 Å². The molecule has 1 fully saturated rings. The summed E-state index contributed by atoms with van der Waals surface area (Å²) in [4.78, 5) is 16.6. The molecule has 1 aliphatic heterocycles. The standard InChI is InChI=1S/C23H23FN2O5S/c1-16-20(25-22(31-16)17-7-3-2-4-8-17)15-30-23(27)18-11-13-26(14-12-18)32(28,29)21-10-6-5-9-19(21)24/h2-10,18H,11-15H2,1H3. The van der Waals surface area contributed by atoms with Crippen LogP contribution in [0, 0.1) is 18.7 Å². The number of rotatable bonds is 6. The number of sulfonamides is 1. The first kappa shape index (κ1) is 22.2. The van der Waals surface area contributed by atoms with Gasteiger partial charge in [0.15, 0.2) is 0 Å². The Morgan fingerprint density at radius 2 is 1.78 bits per heavy atom. The van der Waals surface area contributed by atoms with Gasteiger partial charge < -0.3 is 9.15 Å². The molecule has 0 aliphatic carbocycles. The van der Waals surface area contributed by atoms with Gasteiger partial charge in [-0.25, -0.2) is 17.8 Å². The number of ether oxygens (including phenoxy) is 1. The lowest BCUT2D eigenvalue weighted by Gasteiger charge is -2.30. The third-order valence-corrected chi connectivity index (χ3v) is 7.44. The largest absolute Gasteiger partial charge is 0.459 e. The molecule has 2 aromatic carbocycles. The Kier molecular flexibility index (Phi) is 6.38. The van der Waals surface area contributed by atoms with Crippen LogP contribution in [0.4, 0.5) is 4.39 Å². The number of carbonyl (C=O) groups is 1. The Morgan fingerprint density at radius 1 is 1.12 bits per heavy atom. The molecule has 0 N–H and O–H groups in total. The molecule has 0 bridgehead atoms. The number of aromatic nitrogens is 1. The molecular weight excluding hydrogens is 435 g/mol. The highest BCUT2D eigenvalue weighted by Crippen LogP contribution is 2.27. The maximum absolute atomic E-state index is 14.0. The molecule has 0 spiro atoms. The highest BCUT2D eigenvalue weighted by molar-refractivity contribution is 7.89. The van der Waals surface area contributed by atoms with Crippen LogP contribution in [0.2, 0.25) is 0 Å². The number of esters is 1. The van der Waals surface area contributed by atoms with E-state index in [1.54, 1.807) is 6.92 Å². The van der Waals surface area contributed by atoms with Gasteiger partial charge in [-0.15, -0.1) is 0 Å². The van der Waals surface area contributed by atoms with E-state index in [-0.39, 0.29) is 24.6 Å². The zero-order valence-electron chi connectivity index (χ0n) is 17.5. The van der Waals surface area contributed by atoms with Gasteiger partial charge in [0.05, 0.1) is 5.92 Å². The van der Waals surface area contributed by atoms with Crippen molar-refractivity contribution in [2.45, 2.75) is 31.3 Å². The van der Waals surface area contributed by atoms with Crippen molar-refractivity contribution in [1.29, 1.82) is 0 Å². The van der Waals surface area contributed by atoms with E-state index in [0.29, 0.717) is 30.2 Å². The van der Waals surface area contributed by atoms with Gasteiger partial charge in [-0.3, -0.25) is 4.79 Å². The lowest BCUT2D eigenvalue weighted by molar-refractivity contribution is -0.151. The molecule has 0 saturated carbocycles. The third kappa shape index (κ3) is 4.58. The molecule has 2 heterocycles. The summed E-state index contributed by atoms with van der Waals surface area (Å²) in [5.74, 6) is -0.588. The van der Waals surface area contributed by atoms with Crippen molar-refractivity contribution < 1.29 is 26.8 Å². The summed E-state index contributed by atoms with van der Waals surface area (Å²) in [6.07, 6.45) is 0.610. The number of benzene rings is 2. The fraction of sp³-hybridized carbons (Fsp3) is 0.304. The number of nitrogens with zero attached hydrogens (tertiary/aromatic N) is 2. The highest BCUT2D eigenvalue weighted by Gasteiger charge is 2.34. The Balaban J connectivity index is 1.34. The number of hydrogen-bond acceptors (Lipinski definition) is 6. The van der Waals surface area contributed by atoms with Crippen LogP contribution in [-0.2, 0) is 26.2 Å². The van der Waals surface area contributed by atoms with E-state index in [1.807, 2.05) is 30.3 Å². The molecule has 1 aliphatic rings. The summed E-state index contributed by atoms with van der Waals surface area (Å²) in [6.45, 7) is 1.98. The van der Waals surface area contributed by atoms with Gasteiger partial charge in [-0.05, 0) is 44.0 Å². The van der Waals surface area contributed by atoms with Crippen LogP contribution < -0.4 is 0 Å². The number of oxazole rings is 1. The molecule has 4 rings (SSSR count). The van der Waals surface area contributed by atoms with Crippen LogP contribution in [0.1, 0.15) is 24.3 Å². The molecule has 0 atom stereocenters. The molecule has 7 nitrogen and oxygen atoms in total. The average Bonchev–Trinajstić information content (AvgIpc) is 3.19. The Labute approximate surface area is 185 Å². The zero-order chi connectivity index (χ0) is 22.7. The molecule has 0 amide bonds. The van der Waals surface area contributed by atoms with Crippen LogP contribution in [-0.4, -0.2) is 36.8 Å². The smallest absolute Gasteiger partial charge is 0.309 e. The van der Waals surface area contributed by atoms with Crippen molar-refractivity contribution in [3.63, 3.8) is 0 Å². The third-order valence-electron chi connectivity index (χ3n) is 5.51. The number of aryl methyl sites for hydroxylation is 1. The van der Waals surface area contributed by atoms with Crippen LogP contribution in [0.3, 0.4) is 0 Å². The van der Waals surface area contributed by atoms with E-state index >= 15 is 0 Å². The quantitative estimate of drug-likeness (QED) is 0.520. The monoisotopic (exact) mass is 458 g/mol. The fourth-order valence-corrected chi connectivity index (χ4v) is 5.18. The highest BCUT2D eigenvalue weighted by atomic mass is 32.2. The maximum Gasteiger partial charge on any atom is 0.309 e. The first-order valence-corrected chi connectivity index (χ1v) is 11.7. The predicted molar refractivity (Wildman–Crippen MR) is 114 cm³/mol. The van der Waals surface area contributed by atoms with Crippen molar-refractivity contribution >= 4 is 16.0 Å². The van der Waals surface area contributed by atoms with E-state index in [1.165, 1.54) is 22.5 Å². The second-order valence-electron chi connectivity index (χ2n) is 7.60. The van der Waals surface area contributed by atoms with Crippen molar-refractivity contribution in [3.05, 3.63) is 71.9 Å². The van der Waals surface area contributed by atoms with E-state index in [4.69, 9.17) is 9.15 Å². The van der Waals surface area contributed by atoms with Gasteiger partial charge in [0.25, 0.3) is 0 Å². The van der Waals surface area contributed by atoms with E-state index in [0.717, 1.165) is 11.6 Å². The predicted octanol–water partition coefficient (Wildman–Crippen LogP) is 3.93. The molecule has 0 radical (unpaired) electrons. The lowest BCUT2D eigenvalue weighted by atomic mass is 9.98. The van der Waals surface area contributed by atoms with E-state index in [2.05, 4.69) is 4.98 Å². The number of piperidine rings is 1. The molecule has 1 aromatic heterocycles. The minimum absolute atomic E-state index is 0.0191. The van der Waals surface area contributed by atoms with Crippen LogP contribution in [0.15, 0.2) is 63.9 Å². The summed E-state index contributed by atoms with van der Waals surface area (Å²) in [5.41, 5.74) is 1.37. The topological polar surface area (TPSA) is 89.7 Å². The van der Waals surface area contributed by atoms with Gasteiger partial charge in [-0.2, -0.15) is 4.31 Å². The SMILES string of the molecule is Cc1oc(-c2ccccc2)nc1COC(=O)C1CCN(S(=O)(=O)c2ccccc2F)CC1. The summed E-state index contributed by atoms with van der Waals surface area (Å²) in [6, 6.07) is 14.7. The van der Waals surface area contributed by atoms with Gasteiger partial charge >= 0.3 is 5.97 Å². The molecular formula is C23H23FN2O5S. The van der Waals surface area contributed by atoms with Crippen LogP contribution in [0.25, 0.3) is 11.5 Å². The van der Waals surface area contributed by atoms with Crippen molar-refractivity contribution in [3.8, 4) is 11.5 Å². The number of hydrogen-bond donors (Lipinski definition) is 0. The molecule has 32 heavy (non-hydrogen) atoms. The minimum atomic E-state index is -3.94. The van der Waals surface area contributed by atoms with Gasteiger partial charge in [0.1, 0.15) is 28.8 Å². The first-order valence-electron chi connectivity index (χ1n) is 10.3. The summed E-state index contributed by atoms with van der Waals surface area (Å²) in [5, 5.41) is 0. The summed E-state index contributed by atoms with van der Waals surface area (Å²) >= 11 is 0. The molecule has 3 aromatic rings. The van der Waals surface area contributed by atoms with Gasteiger partial charge in [-0.1, -0.05) is 30.3 Å². The average molecular weight is 459 g/mol. The van der Waals surface area contributed by atoms with Crippen molar-refractivity contribution in [1.82, 2.24) is 9.29 Å². The molecule has 0 unspecified atom stereocenters. The summed E-state index contributed by atoms with van der Waals surface area (Å²) < 4.78 is 51.7. The second-order valence-corrected chi connectivity index (χ2v) is 9.51. The molecule has 1 saturated heterocycles. The lowest BCUT2D eigenvalue weighted by Crippen LogP contribution is -2.40. The fourth-order valence-electron chi connectivity index (χ4n) is 3.65. The van der Waals surface area contributed by atoms with Crippen LogP contribution >= 0.6 is 0 Å². The number of carbonyl (C=O) groups excluding carboxylic acids is 1. The Bertz CT molecular complexity index is 1200. The molecule has 9 heteroatoms. The van der Waals surface area contributed by atoms with Crippen molar-refractivity contribution in [2.75, 3.05) is 13.1 Å². The zero-order valence-corrected chi connectivity index (χ0v) is 18.3. The van der Waals surface area contributed by atoms with Crippen molar-refractivity contribution in [2.24, 2.45) is 5.92 Å². The van der Waals surface area contributed by atoms with Gasteiger partial charge in [0, 0.05) is 18.7 Å². The van der Waals surface area contributed by atoms with Crippen LogP contribution in [0.5, 0.6) is 0 Å². The molecule has 168 valence electrons. The van der Waals surface area contributed by atoms with E-state index < -0.39 is 27.7 Å². The Hall–Kier alpha value is -3.04. The first-order chi connectivity index (χ1) is 15.4. The second kappa shape index (κ2) is 9.22. The normalized spacial score (nSPS) is 15.6. The summed E-state index contributed by atoms with van der Waals surface area (Å²) in [7, 11) is -3.94. The van der Waals surface area contributed by atoms with Gasteiger partial charge in [0.2, 0.25) is 15.9 Å². The maximum atomic E-state index is 14.0.